The van der Waals surface area contributed by atoms with Crippen LogP contribution in [0.3, 0.4) is 0 Å². The van der Waals surface area contributed by atoms with Gasteiger partial charge in [0.05, 0.1) is 11.6 Å². The quantitative estimate of drug-likeness (QED) is 0.784. The zero-order valence-electron chi connectivity index (χ0n) is 13.8. The predicted octanol–water partition coefficient (Wildman–Crippen LogP) is 1.26. The fraction of sp³-hybridized carbons (Fsp3) is 0.562. The van der Waals surface area contributed by atoms with Crippen LogP contribution in [0, 0.1) is 11.3 Å². The molecule has 0 atom stereocenters. The molecule has 0 aromatic heterocycles. The molecule has 1 aliphatic heterocycles. The molecule has 0 amide bonds. The summed E-state index contributed by atoms with van der Waals surface area (Å²) in [6.45, 7) is 7.90. The largest absolute Gasteiger partial charge is 0.296 e. The van der Waals surface area contributed by atoms with Gasteiger partial charge in [0.2, 0.25) is 0 Å². The fourth-order valence-electron chi connectivity index (χ4n) is 2.83. The van der Waals surface area contributed by atoms with Crippen molar-refractivity contribution in [3.05, 3.63) is 35.4 Å². The van der Waals surface area contributed by atoms with Gasteiger partial charge in [-0.15, -0.1) is 0 Å². The van der Waals surface area contributed by atoms with Crippen molar-refractivity contribution in [2.45, 2.75) is 20.4 Å². The van der Waals surface area contributed by atoms with Crippen LogP contribution in [0.25, 0.3) is 0 Å². The summed E-state index contributed by atoms with van der Waals surface area (Å²) in [5, 5.41) is 8.95. The lowest BCUT2D eigenvalue weighted by atomic mass is 10.1. The monoisotopic (exact) mass is 336 g/mol. The van der Waals surface area contributed by atoms with Crippen LogP contribution in [0.1, 0.15) is 25.0 Å². The second-order valence-corrected chi connectivity index (χ2v) is 7.51. The molecular formula is C16H24N4O2S. The van der Waals surface area contributed by atoms with E-state index in [1.54, 1.807) is 10.4 Å². The summed E-state index contributed by atoms with van der Waals surface area (Å²) in [5.74, 6) is 0. The maximum atomic E-state index is 12.5. The van der Waals surface area contributed by atoms with E-state index in [1.165, 1.54) is 4.31 Å². The molecule has 0 N–H and O–H groups in total. The summed E-state index contributed by atoms with van der Waals surface area (Å²) in [5.41, 5.74) is 1.74. The summed E-state index contributed by atoms with van der Waals surface area (Å²) < 4.78 is 28.1. The van der Waals surface area contributed by atoms with Crippen molar-refractivity contribution in [2.24, 2.45) is 0 Å². The molecular weight excluding hydrogens is 312 g/mol. The van der Waals surface area contributed by atoms with Gasteiger partial charge >= 0.3 is 0 Å². The van der Waals surface area contributed by atoms with Crippen LogP contribution < -0.4 is 0 Å². The summed E-state index contributed by atoms with van der Waals surface area (Å²) in [7, 11) is -3.33. The second-order valence-electron chi connectivity index (χ2n) is 5.58. The van der Waals surface area contributed by atoms with E-state index in [9.17, 15) is 8.42 Å². The molecule has 0 radical (unpaired) electrons. The number of benzene rings is 1. The molecule has 1 heterocycles. The summed E-state index contributed by atoms with van der Waals surface area (Å²) >= 11 is 0. The van der Waals surface area contributed by atoms with Gasteiger partial charge in [0.15, 0.2) is 0 Å². The third-order valence-electron chi connectivity index (χ3n) is 4.15. The Kier molecular flexibility index (Phi) is 6.13. The molecule has 0 spiro atoms. The smallest absolute Gasteiger partial charge is 0.282 e. The van der Waals surface area contributed by atoms with Gasteiger partial charge in [-0.2, -0.15) is 22.3 Å². The predicted molar refractivity (Wildman–Crippen MR) is 89.8 cm³/mol. The van der Waals surface area contributed by atoms with Crippen molar-refractivity contribution in [3.63, 3.8) is 0 Å². The maximum Gasteiger partial charge on any atom is 0.282 e. The molecule has 23 heavy (non-hydrogen) atoms. The van der Waals surface area contributed by atoms with E-state index in [1.807, 2.05) is 32.0 Å². The number of hydrogen-bond donors (Lipinski definition) is 0. The molecule has 2 rings (SSSR count). The lowest BCUT2D eigenvalue weighted by Crippen LogP contribution is -2.52. The van der Waals surface area contributed by atoms with Crippen molar-refractivity contribution in [1.29, 1.82) is 5.26 Å². The first kappa shape index (κ1) is 17.9. The normalized spacial score (nSPS) is 17.3. The minimum atomic E-state index is -3.33. The van der Waals surface area contributed by atoms with E-state index in [0.717, 1.165) is 12.1 Å². The molecule has 1 aromatic carbocycles. The molecule has 7 heteroatoms. The minimum Gasteiger partial charge on any atom is -0.296 e. The Labute approximate surface area is 139 Å². The Balaban J connectivity index is 1.95. The van der Waals surface area contributed by atoms with Gasteiger partial charge < -0.3 is 0 Å². The Morgan fingerprint density at radius 1 is 1.17 bits per heavy atom. The zero-order chi connectivity index (χ0) is 16.9. The van der Waals surface area contributed by atoms with E-state index < -0.39 is 10.2 Å². The Morgan fingerprint density at radius 3 is 2.39 bits per heavy atom. The van der Waals surface area contributed by atoms with E-state index in [-0.39, 0.29) is 0 Å². The minimum absolute atomic E-state index is 0.500. The highest BCUT2D eigenvalue weighted by molar-refractivity contribution is 7.86. The number of rotatable bonds is 6. The van der Waals surface area contributed by atoms with Crippen molar-refractivity contribution >= 4 is 10.2 Å². The Hall–Kier alpha value is -1.46. The molecule has 0 saturated carbocycles. The van der Waals surface area contributed by atoms with Crippen LogP contribution in [-0.4, -0.2) is 61.2 Å². The molecule has 1 aliphatic rings. The lowest BCUT2D eigenvalue weighted by molar-refractivity contribution is 0.175. The van der Waals surface area contributed by atoms with Crippen molar-refractivity contribution < 1.29 is 8.42 Å². The highest BCUT2D eigenvalue weighted by atomic mass is 32.2. The fourth-order valence-corrected chi connectivity index (χ4v) is 4.43. The molecule has 0 unspecified atom stereocenters. The zero-order valence-corrected chi connectivity index (χ0v) is 14.6. The summed E-state index contributed by atoms with van der Waals surface area (Å²) in [6, 6.07) is 9.71. The first-order valence-electron chi connectivity index (χ1n) is 7.97. The molecule has 0 aliphatic carbocycles. The molecule has 1 saturated heterocycles. The first-order chi connectivity index (χ1) is 11.0. The third-order valence-corrected chi connectivity index (χ3v) is 6.34. The van der Waals surface area contributed by atoms with Gasteiger partial charge in [-0.25, -0.2) is 0 Å². The summed E-state index contributed by atoms with van der Waals surface area (Å²) in [6.07, 6.45) is 0. The standard InChI is InChI=1S/C16H24N4O2S/c1-3-19(4-2)23(21,22)20-10-8-18(9-11-20)14-16-7-5-6-15(12-16)13-17/h5-7,12H,3-4,8-11,14H2,1-2H3. The number of piperazine rings is 1. The molecule has 1 fully saturated rings. The third kappa shape index (κ3) is 4.30. The van der Waals surface area contributed by atoms with Crippen LogP contribution >= 0.6 is 0 Å². The average Bonchev–Trinajstić information content (AvgIpc) is 2.56. The van der Waals surface area contributed by atoms with Gasteiger partial charge in [-0.1, -0.05) is 26.0 Å². The number of nitriles is 1. The molecule has 126 valence electrons. The van der Waals surface area contributed by atoms with Crippen LogP contribution in [0.4, 0.5) is 0 Å². The van der Waals surface area contributed by atoms with Crippen LogP contribution in [0.15, 0.2) is 24.3 Å². The molecule has 0 bridgehead atoms. The Bertz CT molecular complexity index is 657. The first-order valence-corrected chi connectivity index (χ1v) is 9.37. The van der Waals surface area contributed by atoms with E-state index in [0.29, 0.717) is 44.8 Å². The highest BCUT2D eigenvalue weighted by Gasteiger charge is 2.30. The Morgan fingerprint density at radius 2 is 1.83 bits per heavy atom. The number of hydrogen-bond acceptors (Lipinski definition) is 4. The number of nitrogens with zero attached hydrogens (tertiary/aromatic N) is 4. The van der Waals surface area contributed by atoms with Crippen molar-refractivity contribution in [2.75, 3.05) is 39.3 Å². The van der Waals surface area contributed by atoms with Crippen LogP contribution in [-0.2, 0) is 16.8 Å². The SMILES string of the molecule is CCN(CC)S(=O)(=O)N1CCN(Cc2cccc(C#N)c2)CC1. The average molecular weight is 336 g/mol. The lowest BCUT2D eigenvalue weighted by Gasteiger charge is -2.36. The molecule has 6 nitrogen and oxygen atoms in total. The second kappa shape index (κ2) is 7.88. The maximum absolute atomic E-state index is 12.5. The highest BCUT2D eigenvalue weighted by Crippen LogP contribution is 2.14. The van der Waals surface area contributed by atoms with E-state index in [4.69, 9.17) is 5.26 Å². The van der Waals surface area contributed by atoms with Crippen molar-refractivity contribution in [1.82, 2.24) is 13.5 Å². The topological polar surface area (TPSA) is 67.7 Å². The van der Waals surface area contributed by atoms with Crippen LogP contribution in [0.5, 0.6) is 0 Å². The van der Waals surface area contributed by atoms with Crippen molar-refractivity contribution in [3.8, 4) is 6.07 Å². The van der Waals surface area contributed by atoms with Gasteiger partial charge in [-0.3, -0.25) is 4.90 Å². The van der Waals surface area contributed by atoms with Gasteiger partial charge in [0.1, 0.15) is 0 Å². The van der Waals surface area contributed by atoms with Gasteiger partial charge in [0.25, 0.3) is 10.2 Å². The van der Waals surface area contributed by atoms with E-state index in [2.05, 4.69) is 11.0 Å². The molecule has 1 aromatic rings. The van der Waals surface area contributed by atoms with Crippen LogP contribution in [0.2, 0.25) is 0 Å². The van der Waals surface area contributed by atoms with Gasteiger partial charge in [-0.05, 0) is 17.7 Å². The van der Waals surface area contributed by atoms with Gasteiger partial charge in [0, 0.05) is 45.8 Å². The van der Waals surface area contributed by atoms with E-state index >= 15 is 0 Å². The summed E-state index contributed by atoms with van der Waals surface area (Å²) in [4.78, 5) is 2.23.